The first-order chi connectivity index (χ1) is 6.81. The Morgan fingerprint density at radius 2 is 2.50 bits per heavy atom. The van der Waals surface area contributed by atoms with Crippen LogP contribution in [0.5, 0.6) is 0 Å². The van der Waals surface area contributed by atoms with Gasteiger partial charge in [-0.3, -0.25) is 4.79 Å². The van der Waals surface area contributed by atoms with Gasteiger partial charge in [-0.05, 0) is 23.4 Å². The van der Waals surface area contributed by atoms with Crippen molar-refractivity contribution in [3.8, 4) is 0 Å². The Morgan fingerprint density at radius 1 is 1.64 bits per heavy atom. The van der Waals surface area contributed by atoms with E-state index in [1.165, 1.54) is 10.4 Å². The molecule has 2 rings (SSSR count). The standard InChI is InChI=1S/C10H12ClNOS/c11-4-1-10(13)12-5-2-9-8(7-12)3-6-14-9/h3,6H,1-2,4-5,7H2. The molecule has 0 atom stereocenters. The second kappa shape index (κ2) is 4.32. The number of alkyl halides is 1. The molecule has 1 aromatic heterocycles. The number of rotatable bonds is 2. The van der Waals surface area contributed by atoms with Gasteiger partial charge in [0.25, 0.3) is 0 Å². The van der Waals surface area contributed by atoms with E-state index >= 15 is 0 Å². The summed E-state index contributed by atoms with van der Waals surface area (Å²) >= 11 is 7.34. The molecule has 1 amide bonds. The molecule has 0 unspecified atom stereocenters. The van der Waals surface area contributed by atoms with Gasteiger partial charge in [0, 0.05) is 30.3 Å². The van der Waals surface area contributed by atoms with Gasteiger partial charge in [-0.25, -0.2) is 0 Å². The van der Waals surface area contributed by atoms with Crippen molar-refractivity contribution in [2.24, 2.45) is 0 Å². The quantitative estimate of drug-likeness (QED) is 0.713. The van der Waals surface area contributed by atoms with Crippen LogP contribution in [0.1, 0.15) is 16.9 Å². The Balaban J connectivity index is 2.04. The lowest BCUT2D eigenvalue weighted by Gasteiger charge is -2.26. The minimum absolute atomic E-state index is 0.178. The highest BCUT2D eigenvalue weighted by Gasteiger charge is 2.20. The van der Waals surface area contributed by atoms with Crippen molar-refractivity contribution in [1.29, 1.82) is 0 Å². The minimum Gasteiger partial charge on any atom is -0.338 e. The molecule has 1 aliphatic heterocycles. The normalized spacial score (nSPS) is 15.4. The van der Waals surface area contributed by atoms with Gasteiger partial charge in [-0.2, -0.15) is 0 Å². The topological polar surface area (TPSA) is 20.3 Å². The van der Waals surface area contributed by atoms with Gasteiger partial charge in [0.15, 0.2) is 0 Å². The molecule has 4 heteroatoms. The number of carbonyl (C=O) groups is 1. The molecule has 14 heavy (non-hydrogen) atoms. The summed E-state index contributed by atoms with van der Waals surface area (Å²) in [6.45, 7) is 1.62. The highest BCUT2D eigenvalue weighted by atomic mass is 35.5. The molecule has 0 radical (unpaired) electrons. The van der Waals surface area contributed by atoms with Gasteiger partial charge in [-0.15, -0.1) is 22.9 Å². The van der Waals surface area contributed by atoms with Crippen molar-refractivity contribution in [1.82, 2.24) is 4.90 Å². The van der Waals surface area contributed by atoms with Gasteiger partial charge in [-0.1, -0.05) is 0 Å². The molecule has 0 N–H and O–H groups in total. The molecule has 0 bridgehead atoms. The third-order valence-electron chi connectivity index (χ3n) is 2.47. The molecule has 2 heterocycles. The molecule has 2 nitrogen and oxygen atoms in total. The molecular formula is C10H12ClNOS. The second-order valence-corrected chi connectivity index (χ2v) is 4.75. The summed E-state index contributed by atoms with van der Waals surface area (Å²) in [7, 11) is 0. The highest BCUT2D eigenvalue weighted by molar-refractivity contribution is 7.10. The largest absolute Gasteiger partial charge is 0.338 e. The van der Waals surface area contributed by atoms with Crippen LogP contribution in [0.3, 0.4) is 0 Å². The molecular weight excluding hydrogens is 218 g/mol. The first-order valence-corrected chi connectivity index (χ1v) is 6.11. The lowest BCUT2D eigenvalue weighted by atomic mass is 10.1. The van der Waals surface area contributed by atoms with Gasteiger partial charge < -0.3 is 4.90 Å². The van der Waals surface area contributed by atoms with Crippen molar-refractivity contribution in [3.05, 3.63) is 21.9 Å². The van der Waals surface area contributed by atoms with Crippen molar-refractivity contribution >= 4 is 28.8 Å². The van der Waals surface area contributed by atoms with Crippen LogP contribution >= 0.6 is 22.9 Å². The molecule has 0 aliphatic carbocycles. The summed E-state index contributed by atoms with van der Waals surface area (Å²) in [5.74, 6) is 0.600. The number of carbonyl (C=O) groups excluding carboxylic acids is 1. The zero-order valence-electron chi connectivity index (χ0n) is 7.83. The number of hydrogen-bond acceptors (Lipinski definition) is 2. The lowest BCUT2D eigenvalue weighted by molar-refractivity contribution is -0.131. The summed E-state index contributed by atoms with van der Waals surface area (Å²) in [5.41, 5.74) is 1.31. The third-order valence-corrected chi connectivity index (χ3v) is 3.68. The lowest BCUT2D eigenvalue weighted by Crippen LogP contribution is -2.35. The average molecular weight is 230 g/mol. The van der Waals surface area contributed by atoms with Crippen LogP contribution in [0.4, 0.5) is 0 Å². The van der Waals surface area contributed by atoms with Crippen molar-refractivity contribution < 1.29 is 4.79 Å². The maximum Gasteiger partial charge on any atom is 0.224 e. The van der Waals surface area contributed by atoms with Gasteiger partial charge in [0.2, 0.25) is 5.91 Å². The molecule has 1 aromatic rings. The van der Waals surface area contributed by atoms with E-state index in [2.05, 4.69) is 11.4 Å². The summed E-state index contributed by atoms with van der Waals surface area (Å²) in [6, 6.07) is 2.11. The number of halogens is 1. The van der Waals surface area contributed by atoms with Crippen LogP contribution < -0.4 is 0 Å². The van der Waals surface area contributed by atoms with E-state index < -0.39 is 0 Å². The minimum atomic E-state index is 0.178. The molecule has 76 valence electrons. The predicted molar refractivity (Wildman–Crippen MR) is 58.8 cm³/mol. The third kappa shape index (κ3) is 1.93. The van der Waals surface area contributed by atoms with E-state index in [0.29, 0.717) is 12.3 Å². The molecule has 0 saturated heterocycles. The van der Waals surface area contributed by atoms with Gasteiger partial charge >= 0.3 is 0 Å². The van der Waals surface area contributed by atoms with E-state index in [9.17, 15) is 4.79 Å². The predicted octanol–water partition coefficient (Wildman–Crippen LogP) is 2.26. The van der Waals surface area contributed by atoms with Crippen LogP contribution in [0.2, 0.25) is 0 Å². The monoisotopic (exact) mass is 229 g/mol. The Kier molecular flexibility index (Phi) is 3.08. The fourth-order valence-corrected chi connectivity index (χ4v) is 2.75. The Morgan fingerprint density at radius 3 is 3.29 bits per heavy atom. The fraction of sp³-hybridized carbons (Fsp3) is 0.500. The Labute approximate surface area is 92.5 Å². The van der Waals surface area contributed by atoms with E-state index in [1.807, 2.05) is 4.90 Å². The van der Waals surface area contributed by atoms with E-state index in [4.69, 9.17) is 11.6 Å². The highest BCUT2D eigenvalue weighted by Crippen LogP contribution is 2.24. The van der Waals surface area contributed by atoms with E-state index in [-0.39, 0.29) is 5.91 Å². The number of nitrogens with zero attached hydrogens (tertiary/aromatic N) is 1. The molecule has 0 aromatic carbocycles. The SMILES string of the molecule is O=C(CCCl)N1CCc2sccc2C1. The summed E-state index contributed by atoms with van der Waals surface area (Å²) in [6.07, 6.45) is 1.46. The Hall–Kier alpha value is -0.540. The van der Waals surface area contributed by atoms with Crippen LogP contribution in [-0.4, -0.2) is 23.2 Å². The van der Waals surface area contributed by atoms with Crippen LogP contribution in [0, 0.1) is 0 Å². The first kappa shape index (κ1) is 9.99. The number of fused-ring (bicyclic) bond motifs is 1. The second-order valence-electron chi connectivity index (χ2n) is 3.37. The van der Waals surface area contributed by atoms with Crippen LogP contribution in [-0.2, 0) is 17.8 Å². The van der Waals surface area contributed by atoms with Gasteiger partial charge in [0.1, 0.15) is 0 Å². The van der Waals surface area contributed by atoms with E-state index in [1.54, 1.807) is 11.3 Å². The molecule has 1 aliphatic rings. The van der Waals surface area contributed by atoms with Crippen LogP contribution in [0.25, 0.3) is 0 Å². The van der Waals surface area contributed by atoms with Gasteiger partial charge in [0.05, 0.1) is 0 Å². The maximum absolute atomic E-state index is 11.6. The van der Waals surface area contributed by atoms with Crippen molar-refractivity contribution in [2.45, 2.75) is 19.4 Å². The number of amides is 1. The molecule has 0 saturated carbocycles. The van der Waals surface area contributed by atoms with Crippen molar-refractivity contribution in [2.75, 3.05) is 12.4 Å². The van der Waals surface area contributed by atoms with Crippen LogP contribution in [0.15, 0.2) is 11.4 Å². The summed E-state index contributed by atoms with van der Waals surface area (Å²) < 4.78 is 0. The molecule has 0 spiro atoms. The zero-order valence-corrected chi connectivity index (χ0v) is 9.40. The average Bonchev–Trinajstić information content (AvgIpc) is 2.64. The fourth-order valence-electron chi connectivity index (χ4n) is 1.70. The number of thiophene rings is 1. The van der Waals surface area contributed by atoms with E-state index in [0.717, 1.165) is 19.5 Å². The summed E-state index contributed by atoms with van der Waals surface area (Å²) in [5, 5.41) is 2.10. The van der Waals surface area contributed by atoms with Crippen molar-refractivity contribution in [3.63, 3.8) is 0 Å². The smallest absolute Gasteiger partial charge is 0.224 e. The summed E-state index contributed by atoms with van der Waals surface area (Å²) in [4.78, 5) is 14.9. The maximum atomic E-state index is 11.6. The first-order valence-electron chi connectivity index (χ1n) is 4.70. The number of hydrogen-bond donors (Lipinski definition) is 0. The molecule has 0 fully saturated rings. The Bertz CT molecular complexity index is 337. The zero-order chi connectivity index (χ0) is 9.97.